The lowest BCUT2D eigenvalue weighted by molar-refractivity contribution is -0.129. The van der Waals surface area contributed by atoms with Crippen LogP contribution in [-0.2, 0) is 17.8 Å². The number of benzene rings is 2. The lowest BCUT2D eigenvalue weighted by Gasteiger charge is -2.18. The lowest BCUT2D eigenvalue weighted by Crippen LogP contribution is -2.27. The minimum atomic E-state index is 0.120. The third-order valence-electron chi connectivity index (χ3n) is 3.75. The molecule has 0 saturated carbocycles. The number of hydrogen-bond donors (Lipinski definition) is 1. The average Bonchev–Trinajstić information content (AvgIpc) is 2.45. The number of amides is 1. The third kappa shape index (κ3) is 4.09. The van der Waals surface area contributed by atoms with Crippen LogP contribution < -0.4 is 5.73 Å². The number of nitrogen functional groups attached to an aromatic ring is 1. The minimum absolute atomic E-state index is 0.120. The molecule has 0 aromatic heterocycles. The molecule has 0 aliphatic carbocycles. The van der Waals surface area contributed by atoms with Crippen LogP contribution >= 0.6 is 0 Å². The first kappa shape index (κ1) is 15.1. The summed E-state index contributed by atoms with van der Waals surface area (Å²) >= 11 is 0. The Balaban J connectivity index is 1.98. The minimum Gasteiger partial charge on any atom is -0.399 e. The molecule has 2 rings (SSSR count). The summed E-state index contributed by atoms with van der Waals surface area (Å²) in [5, 5.41) is 0. The van der Waals surface area contributed by atoms with Gasteiger partial charge in [-0.3, -0.25) is 4.79 Å². The van der Waals surface area contributed by atoms with E-state index in [-0.39, 0.29) is 5.91 Å². The zero-order valence-corrected chi connectivity index (χ0v) is 12.9. The molecule has 21 heavy (non-hydrogen) atoms. The van der Waals surface area contributed by atoms with E-state index in [9.17, 15) is 4.79 Å². The van der Waals surface area contributed by atoms with Crippen LogP contribution in [-0.4, -0.2) is 17.9 Å². The summed E-state index contributed by atoms with van der Waals surface area (Å²) in [7, 11) is 1.83. The number of rotatable bonds is 4. The molecule has 3 heteroatoms. The van der Waals surface area contributed by atoms with Crippen molar-refractivity contribution < 1.29 is 4.79 Å². The van der Waals surface area contributed by atoms with E-state index in [1.165, 1.54) is 11.1 Å². The summed E-state index contributed by atoms with van der Waals surface area (Å²) in [5.41, 5.74) is 11.0. The topological polar surface area (TPSA) is 46.3 Å². The number of nitrogens with two attached hydrogens (primary N) is 1. The summed E-state index contributed by atoms with van der Waals surface area (Å²) in [5.74, 6) is 0.120. The molecular formula is C18H22N2O. The lowest BCUT2D eigenvalue weighted by atomic mass is 10.0. The second-order valence-corrected chi connectivity index (χ2v) is 5.59. The summed E-state index contributed by atoms with van der Waals surface area (Å²) in [4.78, 5) is 14.0. The Morgan fingerprint density at radius 3 is 2.24 bits per heavy atom. The molecule has 110 valence electrons. The summed E-state index contributed by atoms with van der Waals surface area (Å²) in [6, 6.07) is 13.8. The van der Waals surface area contributed by atoms with Gasteiger partial charge in [0, 0.05) is 19.3 Å². The van der Waals surface area contributed by atoms with Crippen LogP contribution in [0.3, 0.4) is 0 Å². The smallest absolute Gasteiger partial charge is 0.227 e. The number of likely N-dealkylation sites (N-methyl/N-ethyl adjacent to an activating group) is 1. The number of hydrogen-bond acceptors (Lipinski definition) is 2. The van der Waals surface area contributed by atoms with Crippen molar-refractivity contribution in [2.24, 2.45) is 0 Å². The largest absolute Gasteiger partial charge is 0.399 e. The van der Waals surface area contributed by atoms with Gasteiger partial charge in [0.1, 0.15) is 0 Å². The van der Waals surface area contributed by atoms with Gasteiger partial charge in [0.2, 0.25) is 5.91 Å². The van der Waals surface area contributed by atoms with Crippen LogP contribution in [0.5, 0.6) is 0 Å². The van der Waals surface area contributed by atoms with Crippen molar-refractivity contribution in [3.8, 4) is 0 Å². The van der Waals surface area contributed by atoms with E-state index in [0.717, 1.165) is 16.8 Å². The highest BCUT2D eigenvalue weighted by Crippen LogP contribution is 2.12. The van der Waals surface area contributed by atoms with Crippen LogP contribution in [0.2, 0.25) is 0 Å². The first-order valence-corrected chi connectivity index (χ1v) is 7.10. The van der Waals surface area contributed by atoms with Gasteiger partial charge in [-0.25, -0.2) is 0 Å². The number of carbonyl (C=O) groups is 1. The van der Waals surface area contributed by atoms with Crippen molar-refractivity contribution in [3.05, 3.63) is 64.7 Å². The molecule has 0 aliphatic rings. The monoisotopic (exact) mass is 282 g/mol. The fraction of sp³-hybridized carbons (Fsp3) is 0.278. The quantitative estimate of drug-likeness (QED) is 0.876. The number of nitrogens with zero attached hydrogens (tertiary/aromatic N) is 1. The Hall–Kier alpha value is -2.29. The van der Waals surface area contributed by atoms with Crippen molar-refractivity contribution in [2.75, 3.05) is 12.8 Å². The van der Waals surface area contributed by atoms with Crippen molar-refractivity contribution >= 4 is 11.6 Å². The van der Waals surface area contributed by atoms with Crippen LogP contribution in [0.25, 0.3) is 0 Å². The molecule has 0 radical (unpaired) electrons. The zero-order valence-electron chi connectivity index (χ0n) is 12.9. The molecule has 0 unspecified atom stereocenters. The first-order valence-electron chi connectivity index (χ1n) is 7.10. The first-order chi connectivity index (χ1) is 9.95. The molecule has 0 heterocycles. The highest BCUT2D eigenvalue weighted by atomic mass is 16.2. The summed E-state index contributed by atoms with van der Waals surface area (Å²) in [6.45, 7) is 4.75. The fourth-order valence-corrected chi connectivity index (χ4v) is 2.21. The van der Waals surface area contributed by atoms with Gasteiger partial charge >= 0.3 is 0 Å². The SMILES string of the molecule is Cc1ccc(CC(=O)N(C)Cc2ccc(N)cc2)cc1C. The molecule has 0 spiro atoms. The van der Waals surface area contributed by atoms with E-state index in [1.807, 2.05) is 37.4 Å². The molecule has 2 aromatic carbocycles. The van der Waals surface area contributed by atoms with Crippen LogP contribution in [0.15, 0.2) is 42.5 Å². The number of carbonyl (C=O) groups excluding carboxylic acids is 1. The van der Waals surface area contributed by atoms with E-state index in [4.69, 9.17) is 5.73 Å². The Morgan fingerprint density at radius 1 is 1.00 bits per heavy atom. The summed E-state index contributed by atoms with van der Waals surface area (Å²) in [6.07, 6.45) is 0.437. The molecule has 0 aliphatic heterocycles. The Morgan fingerprint density at radius 2 is 1.62 bits per heavy atom. The maximum Gasteiger partial charge on any atom is 0.227 e. The Bertz CT molecular complexity index is 632. The van der Waals surface area contributed by atoms with Gasteiger partial charge in [0.05, 0.1) is 6.42 Å². The van der Waals surface area contributed by atoms with Gasteiger partial charge in [0.25, 0.3) is 0 Å². The van der Waals surface area contributed by atoms with Gasteiger partial charge in [0.15, 0.2) is 0 Å². The second kappa shape index (κ2) is 6.44. The average molecular weight is 282 g/mol. The van der Waals surface area contributed by atoms with Crippen LogP contribution in [0, 0.1) is 13.8 Å². The highest BCUT2D eigenvalue weighted by Gasteiger charge is 2.10. The molecule has 2 N–H and O–H groups in total. The second-order valence-electron chi connectivity index (χ2n) is 5.59. The van der Waals surface area contributed by atoms with Gasteiger partial charge in [-0.2, -0.15) is 0 Å². The molecule has 0 saturated heterocycles. The molecule has 0 bridgehead atoms. The molecule has 3 nitrogen and oxygen atoms in total. The molecule has 2 aromatic rings. The molecular weight excluding hydrogens is 260 g/mol. The van der Waals surface area contributed by atoms with Crippen molar-refractivity contribution in [3.63, 3.8) is 0 Å². The van der Waals surface area contributed by atoms with Gasteiger partial charge in [-0.1, -0.05) is 30.3 Å². The van der Waals surface area contributed by atoms with Crippen molar-refractivity contribution in [2.45, 2.75) is 26.8 Å². The number of anilines is 1. The van der Waals surface area contributed by atoms with Crippen molar-refractivity contribution in [1.29, 1.82) is 0 Å². The number of aryl methyl sites for hydroxylation is 2. The van der Waals surface area contributed by atoms with E-state index in [2.05, 4.69) is 26.0 Å². The molecule has 1 amide bonds. The van der Waals surface area contributed by atoms with Crippen LogP contribution in [0.1, 0.15) is 22.3 Å². The highest BCUT2D eigenvalue weighted by molar-refractivity contribution is 5.78. The maximum atomic E-state index is 12.3. The summed E-state index contributed by atoms with van der Waals surface area (Å²) < 4.78 is 0. The Labute approximate surface area is 126 Å². The predicted molar refractivity (Wildman–Crippen MR) is 86.9 cm³/mol. The van der Waals surface area contributed by atoms with Gasteiger partial charge in [-0.15, -0.1) is 0 Å². The van der Waals surface area contributed by atoms with Crippen LogP contribution in [0.4, 0.5) is 5.69 Å². The zero-order chi connectivity index (χ0) is 15.4. The predicted octanol–water partition coefficient (Wildman–Crippen LogP) is 3.09. The fourth-order valence-electron chi connectivity index (χ4n) is 2.21. The van der Waals surface area contributed by atoms with E-state index in [0.29, 0.717) is 13.0 Å². The van der Waals surface area contributed by atoms with Crippen molar-refractivity contribution in [1.82, 2.24) is 4.90 Å². The standard InChI is InChI=1S/C18H22N2O/c1-13-4-5-16(10-14(13)2)11-18(21)20(3)12-15-6-8-17(19)9-7-15/h4-10H,11-12,19H2,1-3H3. The normalized spacial score (nSPS) is 10.4. The maximum absolute atomic E-state index is 12.3. The molecule has 0 fully saturated rings. The van der Waals surface area contributed by atoms with Gasteiger partial charge in [-0.05, 0) is 48.2 Å². The van der Waals surface area contributed by atoms with E-state index < -0.39 is 0 Å². The Kier molecular flexibility index (Phi) is 4.63. The van der Waals surface area contributed by atoms with Gasteiger partial charge < -0.3 is 10.6 Å². The third-order valence-corrected chi connectivity index (χ3v) is 3.75. The van der Waals surface area contributed by atoms with E-state index >= 15 is 0 Å². The van der Waals surface area contributed by atoms with E-state index in [1.54, 1.807) is 4.90 Å². The molecule has 0 atom stereocenters.